The summed E-state index contributed by atoms with van der Waals surface area (Å²) in [6.45, 7) is 4.31. The maximum absolute atomic E-state index is 12.6. The Balaban J connectivity index is 1.62. The molecular weight excluding hydrogens is 354 g/mol. The summed E-state index contributed by atoms with van der Waals surface area (Å²) in [7, 11) is 3.93. The molecule has 28 heavy (non-hydrogen) atoms. The zero-order valence-electron chi connectivity index (χ0n) is 16.8. The maximum Gasteiger partial charge on any atom is 0.229 e. The Morgan fingerprint density at radius 3 is 2.32 bits per heavy atom. The van der Waals surface area contributed by atoms with Crippen molar-refractivity contribution in [2.75, 3.05) is 35.8 Å². The number of ether oxygens (including phenoxy) is 1. The third-order valence-corrected chi connectivity index (χ3v) is 4.67. The quantitative estimate of drug-likeness (QED) is 0.832. The lowest BCUT2D eigenvalue weighted by Crippen LogP contribution is -2.28. The van der Waals surface area contributed by atoms with Gasteiger partial charge in [-0.1, -0.05) is 0 Å². The van der Waals surface area contributed by atoms with Crippen LogP contribution in [0.1, 0.15) is 20.3 Å². The Kier molecular flexibility index (Phi) is 5.87. The standard InChI is InChI=1S/C22H27N3O3/c1-15(2)28-20-11-9-19(10-12-20)25-14-16(13-21(25)26)22(27)23-17-5-7-18(8-6-17)24(3)4/h5-12,15-16H,13-14H2,1-4H3,(H,23,27)/t16-/m1/s1. The van der Waals surface area contributed by atoms with Gasteiger partial charge in [0.2, 0.25) is 11.8 Å². The lowest BCUT2D eigenvalue weighted by Gasteiger charge is -2.18. The van der Waals surface area contributed by atoms with Crippen LogP contribution in [0, 0.1) is 5.92 Å². The Morgan fingerprint density at radius 1 is 1.11 bits per heavy atom. The average Bonchev–Trinajstić information content (AvgIpc) is 3.04. The van der Waals surface area contributed by atoms with E-state index in [1.807, 2.05) is 81.4 Å². The summed E-state index contributed by atoms with van der Waals surface area (Å²) in [5, 5.41) is 2.92. The SMILES string of the molecule is CC(C)Oc1ccc(N2C[C@H](C(=O)Nc3ccc(N(C)C)cc3)CC2=O)cc1. The van der Waals surface area contributed by atoms with E-state index in [1.165, 1.54) is 0 Å². The highest BCUT2D eigenvalue weighted by molar-refractivity contribution is 6.03. The summed E-state index contributed by atoms with van der Waals surface area (Å²) in [6, 6.07) is 15.0. The number of anilines is 3. The van der Waals surface area contributed by atoms with Gasteiger partial charge in [-0.2, -0.15) is 0 Å². The molecule has 1 aliphatic rings. The van der Waals surface area contributed by atoms with Gasteiger partial charge in [-0.25, -0.2) is 0 Å². The maximum atomic E-state index is 12.6. The van der Waals surface area contributed by atoms with Gasteiger partial charge in [-0.05, 0) is 62.4 Å². The third kappa shape index (κ3) is 4.63. The van der Waals surface area contributed by atoms with Crippen LogP contribution >= 0.6 is 0 Å². The molecule has 2 amide bonds. The molecule has 2 aromatic rings. The van der Waals surface area contributed by atoms with Crippen LogP contribution < -0.4 is 19.9 Å². The van der Waals surface area contributed by atoms with Crippen LogP contribution in [0.3, 0.4) is 0 Å². The van der Waals surface area contributed by atoms with E-state index in [0.717, 1.165) is 22.8 Å². The van der Waals surface area contributed by atoms with E-state index < -0.39 is 0 Å². The number of rotatable bonds is 6. The van der Waals surface area contributed by atoms with E-state index in [-0.39, 0.29) is 30.3 Å². The fourth-order valence-electron chi connectivity index (χ4n) is 3.20. The third-order valence-electron chi connectivity index (χ3n) is 4.67. The topological polar surface area (TPSA) is 61.9 Å². The molecule has 1 N–H and O–H groups in total. The first-order valence-electron chi connectivity index (χ1n) is 9.49. The summed E-state index contributed by atoms with van der Waals surface area (Å²) < 4.78 is 5.64. The summed E-state index contributed by atoms with van der Waals surface area (Å²) in [5.74, 6) is 0.224. The second-order valence-electron chi connectivity index (χ2n) is 7.50. The summed E-state index contributed by atoms with van der Waals surface area (Å²) in [5.41, 5.74) is 2.58. The molecule has 0 radical (unpaired) electrons. The van der Waals surface area contributed by atoms with Crippen molar-refractivity contribution in [3.63, 3.8) is 0 Å². The Labute approximate surface area is 166 Å². The van der Waals surface area contributed by atoms with Crippen molar-refractivity contribution in [3.8, 4) is 5.75 Å². The molecule has 1 saturated heterocycles. The number of amides is 2. The molecule has 6 heteroatoms. The molecule has 1 fully saturated rings. The summed E-state index contributed by atoms with van der Waals surface area (Å²) in [4.78, 5) is 28.7. The van der Waals surface area contributed by atoms with Crippen molar-refractivity contribution >= 4 is 28.9 Å². The Hall–Kier alpha value is -3.02. The van der Waals surface area contributed by atoms with Gasteiger partial charge < -0.3 is 19.9 Å². The van der Waals surface area contributed by atoms with Crippen molar-refractivity contribution in [2.45, 2.75) is 26.4 Å². The van der Waals surface area contributed by atoms with Crippen molar-refractivity contribution in [2.24, 2.45) is 5.92 Å². The van der Waals surface area contributed by atoms with Gasteiger partial charge >= 0.3 is 0 Å². The van der Waals surface area contributed by atoms with Crippen LogP contribution in [-0.2, 0) is 9.59 Å². The van der Waals surface area contributed by atoms with Gasteiger partial charge in [0.15, 0.2) is 0 Å². The van der Waals surface area contributed by atoms with E-state index in [9.17, 15) is 9.59 Å². The zero-order valence-corrected chi connectivity index (χ0v) is 16.8. The van der Waals surface area contributed by atoms with E-state index >= 15 is 0 Å². The van der Waals surface area contributed by atoms with Crippen molar-refractivity contribution in [3.05, 3.63) is 48.5 Å². The molecule has 1 aliphatic heterocycles. The van der Waals surface area contributed by atoms with E-state index in [2.05, 4.69) is 5.32 Å². The van der Waals surface area contributed by atoms with Gasteiger partial charge in [-0.15, -0.1) is 0 Å². The Morgan fingerprint density at radius 2 is 1.75 bits per heavy atom. The highest BCUT2D eigenvalue weighted by Gasteiger charge is 2.35. The second-order valence-corrected chi connectivity index (χ2v) is 7.50. The largest absolute Gasteiger partial charge is 0.491 e. The van der Waals surface area contributed by atoms with Crippen LogP contribution in [0.2, 0.25) is 0 Å². The van der Waals surface area contributed by atoms with Gasteiger partial charge in [0, 0.05) is 44.1 Å². The molecule has 0 saturated carbocycles. The molecule has 3 rings (SSSR count). The van der Waals surface area contributed by atoms with E-state index in [1.54, 1.807) is 4.90 Å². The smallest absolute Gasteiger partial charge is 0.229 e. The summed E-state index contributed by atoms with van der Waals surface area (Å²) >= 11 is 0. The monoisotopic (exact) mass is 381 g/mol. The van der Waals surface area contributed by atoms with Gasteiger partial charge in [0.05, 0.1) is 12.0 Å². The molecule has 6 nitrogen and oxygen atoms in total. The van der Waals surface area contributed by atoms with Crippen LogP contribution in [0.25, 0.3) is 0 Å². The molecule has 0 unspecified atom stereocenters. The van der Waals surface area contributed by atoms with Crippen molar-refractivity contribution in [1.29, 1.82) is 0 Å². The first kappa shape index (κ1) is 19.7. The number of hydrogen-bond acceptors (Lipinski definition) is 4. The van der Waals surface area contributed by atoms with Crippen LogP contribution in [0.4, 0.5) is 17.1 Å². The molecule has 1 atom stereocenters. The number of hydrogen-bond donors (Lipinski definition) is 1. The molecule has 2 aromatic carbocycles. The average molecular weight is 381 g/mol. The molecule has 0 bridgehead atoms. The van der Waals surface area contributed by atoms with Gasteiger partial charge in [0.1, 0.15) is 5.75 Å². The van der Waals surface area contributed by atoms with E-state index in [4.69, 9.17) is 4.74 Å². The van der Waals surface area contributed by atoms with Crippen LogP contribution in [-0.4, -0.2) is 38.6 Å². The number of carbonyl (C=O) groups is 2. The first-order valence-corrected chi connectivity index (χ1v) is 9.49. The lowest BCUT2D eigenvalue weighted by atomic mass is 10.1. The van der Waals surface area contributed by atoms with Gasteiger partial charge in [0.25, 0.3) is 0 Å². The van der Waals surface area contributed by atoms with Crippen LogP contribution in [0.5, 0.6) is 5.75 Å². The highest BCUT2D eigenvalue weighted by atomic mass is 16.5. The minimum Gasteiger partial charge on any atom is -0.491 e. The number of nitrogens with zero attached hydrogens (tertiary/aromatic N) is 2. The fraction of sp³-hybridized carbons (Fsp3) is 0.364. The number of benzene rings is 2. The molecule has 0 spiro atoms. The Bertz CT molecular complexity index is 829. The molecule has 0 aliphatic carbocycles. The second kappa shape index (κ2) is 8.33. The predicted octanol–water partition coefficient (Wildman–Crippen LogP) is 3.53. The number of carbonyl (C=O) groups excluding carboxylic acids is 2. The number of nitrogens with one attached hydrogen (secondary N) is 1. The van der Waals surface area contributed by atoms with Gasteiger partial charge in [-0.3, -0.25) is 9.59 Å². The fourth-order valence-corrected chi connectivity index (χ4v) is 3.20. The zero-order chi connectivity index (χ0) is 20.3. The predicted molar refractivity (Wildman–Crippen MR) is 112 cm³/mol. The molecule has 1 heterocycles. The first-order chi connectivity index (χ1) is 13.3. The molecular formula is C22H27N3O3. The minimum absolute atomic E-state index is 0.0411. The highest BCUT2D eigenvalue weighted by Crippen LogP contribution is 2.28. The van der Waals surface area contributed by atoms with E-state index in [0.29, 0.717) is 6.54 Å². The van der Waals surface area contributed by atoms with Crippen LogP contribution in [0.15, 0.2) is 48.5 Å². The molecule has 0 aromatic heterocycles. The van der Waals surface area contributed by atoms with Crippen molar-refractivity contribution in [1.82, 2.24) is 0 Å². The summed E-state index contributed by atoms with van der Waals surface area (Å²) in [6.07, 6.45) is 0.311. The molecule has 148 valence electrons. The van der Waals surface area contributed by atoms with Crippen molar-refractivity contribution < 1.29 is 14.3 Å². The normalized spacial score (nSPS) is 16.4. The lowest BCUT2D eigenvalue weighted by molar-refractivity contribution is -0.122. The minimum atomic E-state index is -0.368.